The van der Waals surface area contributed by atoms with E-state index in [1.165, 1.54) is 25.7 Å². The van der Waals surface area contributed by atoms with E-state index < -0.39 is 0 Å². The van der Waals surface area contributed by atoms with Crippen molar-refractivity contribution in [3.8, 4) is 0 Å². The average Bonchev–Trinajstić information content (AvgIpc) is 2.58. The Labute approximate surface area is 145 Å². The second kappa shape index (κ2) is 8.11. The molecule has 1 heterocycles. The third kappa shape index (κ3) is 4.79. The highest BCUT2D eigenvalue weighted by Gasteiger charge is 2.05. The van der Waals surface area contributed by atoms with Gasteiger partial charge < -0.3 is 10.6 Å². The van der Waals surface area contributed by atoms with Gasteiger partial charge in [0.05, 0.1) is 5.69 Å². The normalized spacial score (nSPS) is 14.2. The van der Waals surface area contributed by atoms with Gasteiger partial charge in [0.1, 0.15) is 5.82 Å². The van der Waals surface area contributed by atoms with E-state index in [-0.39, 0.29) is 0 Å². The number of nitrogens with one attached hydrogen (secondary N) is 2. The maximum atomic E-state index is 4.52. The number of anilines is 3. The van der Waals surface area contributed by atoms with Gasteiger partial charge in [0.2, 0.25) is 5.95 Å². The molecule has 1 aliphatic carbocycles. The summed E-state index contributed by atoms with van der Waals surface area (Å²) in [5, 5.41) is 6.62. The molecule has 0 bridgehead atoms. The number of aromatic nitrogens is 2. The largest absolute Gasteiger partial charge is 0.370 e. The van der Waals surface area contributed by atoms with Crippen molar-refractivity contribution in [3.05, 3.63) is 52.7 Å². The van der Waals surface area contributed by atoms with Gasteiger partial charge in [-0.3, -0.25) is 0 Å². The van der Waals surface area contributed by atoms with E-state index in [0.717, 1.165) is 28.9 Å². The minimum Gasteiger partial charge on any atom is -0.370 e. The molecule has 0 atom stereocenters. The summed E-state index contributed by atoms with van der Waals surface area (Å²) >= 11 is 3.52. The summed E-state index contributed by atoms with van der Waals surface area (Å²) in [5.41, 5.74) is 2.53. The molecule has 120 valence electrons. The van der Waals surface area contributed by atoms with Crippen molar-refractivity contribution < 1.29 is 0 Å². The molecule has 5 heteroatoms. The molecule has 1 aromatic heterocycles. The van der Waals surface area contributed by atoms with Gasteiger partial charge in [-0.1, -0.05) is 23.8 Å². The van der Waals surface area contributed by atoms with E-state index in [4.69, 9.17) is 0 Å². The van der Waals surface area contributed by atoms with Crippen LogP contribution in [0.1, 0.15) is 32.1 Å². The van der Waals surface area contributed by atoms with E-state index in [0.29, 0.717) is 5.95 Å². The highest BCUT2D eigenvalue weighted by Crippen LogP contribution is 2.24. The standard InChI is InChI=1S/C18H21BrN4/c19-15-8-4-5-9-16(15)22-18-21-13-11-17(23-18)20-12-10-14-6-2-1-3-7-14/h4-6,8-9,11,13H,1-3,7,10,12H2,(H2,20,21,22,23). The van der Waals surface area contributed by atoms with Crippen molar-refractivity contribution >= 4 is 33.4 Å². The summed E-state index contributed by atoms with van der Waals surface area (Å²) in [6.07, 6.45) is 10.4. The zero-order valence-electron chi connectivity index (χ0n) is 13.1. The Morgan fingerprint density at radius 3 is 2.87 bits per heavy atom. The lowest BCUT2D eigenvalue weighted by Crippen LogP contribution is -2.07. The van der Waals surface area contributed by atoms with Gasteiger partial charge in [-0.25, -0.2) is 4.98 Å². The van der Waals surface area contributed by atoms with Crippen molar-refractivity contribution in [2.45, 2.75) is 32.1 Å². The molecule has 0 fully saturated rings. The second-order valence-electron chi connectivity index (χ2n) is 5.66. The number of hydrogen-bond acceptors (Lipinski definition) is 4. The smallest absolute Gasteiger partial charge is 0.229 e. The van der Waals surface area contributed by atoms with E-state index in [1.807, 2.05) is 30.3 Å². The van der Waals surface area contributed by atoms with Crippen LogP contribution in [0.15, 0.2) is 52.7 Å². The molecule has 0 saturated heterocycles. The quantitative estimate of drug-likeness (QED) is 0.676. The Morgan fingerprint density at radius 2 is 2.04 bits per heavy atom. The molecule has 2 N–H and O–H groups in total. The minimum atomic E-state index is 0.596. The molecule has 0 radical (unpaired) electrons. The molecule has 1 aromatic carbocycles. The fraction of sp³-hybridized carbons (Fsp3) is 0.333. The van der Waals surface area contributed by atoms with Crippen molar-refractivity contribution in [2.24, 2.45) is 0 Å². The maximum Gasteiger partial charge on any atom is 0.229 e. The van der Waals surface area contributed by atoms with Crippen molar-refractivity contribution in [1.29, 1.82) is 0 Å². The average molecular weight is 373 g/mol. The van der Waals surface area contributed by atoms with Gasteiger partial charge in [-0.2, -0.15) is 4.98 Å². The first kappa shape index (κ1) is 16.0. The zero-order valence-corrected chi connectivity index (χ0v) is 14.6. The fourth-order valence-corrected chi connectivity index (χ4v) is 3.07. The van der Waals surface area contributed by atoms with Gasteiger partial charge in [0.25, 0.3) is 0 Å². The Kier molecular flexibility index (Phi) is 5.64. The van der Waals surface area contributed by atoms with Crippen LogP contribution in [0.25, 0.3) is 0 Å². The third-order valence-corrected chi connectivity index (χ3v) is 4.60. The summed E-state index contributed by atoms with van der Waals surface area (Å²) in [6, 6.07) is 9.84. The zero-order chi connectivity index (χ0) is 15.9. The van der Waals surface area contributed by atoms with E-state index in [9.17, 15) is 0 Å². The third-order valence-electron chi connectivity index (χ3n) is 3.91. The first-order chi connectivity index (χ1) is 11.3. The lowest BCUT2D eigenvalue weighted by Gasteiger charge is -2.13. The Hall–Kier alpha value is -1.88. The molecular formula is C18H21BrN4. The summed E-state index contributed by atoms with van der Waals surface area (Å²) < 4.78 is 0.992. The molecule has 3 rings (SSSR count). The number of rotatable bonds is 6. The Balaban J connectivity index is 1.57. The predicted molar refractivity (Wildman–Crippen MR) is 99.1 cm³/mol. The van der Waals surface area contributed by atoms with Crippen LogP contribution in [0.2, 0.25) is 0 Å². The van der Waals surface area contributed by atoms with Crippen LogP contribution in [-0.4, -0.2) is 16.5 Å². The highest BCUT2D eigenvalue weighted by atomic mass is 79.9. The van der Waals surface area contributed by atoms with E-state index in [2.05, 4.69) is 42.6 Å². The van der Waals surface area contributed by atoms with Crippen LogP contribution >= 0.6 is 15.9 Å². The highest BCUT2D eigenvalue weighted by molar-refractivity contribution is 9.10. The number of nitrogens with zero attached hydrogens (tertiary/aromatic N) is 2. The van der Waals surface area contributed by atoms with Crippen molar-refractivity contribution in [1.82, 2.24) is 9.97 Å². The first-order valence-electron chi connectivity index (χ1n) is 8.07. The van der Waals surface area contributed by atoms with Gasteiger partial charge in [-0.15, -0.1) is 0 Å². The predicted octanol–water partition coefficient (Wildman–Crippen LogP) is 5.29. The number of hydrogen-bond donors (Lipinski definition) is 2. The monoisotopic (exact) mass is 372 g/mol. The number of benzene rings is 1. The summed E-state index contributed by atoms with van der Waals surface area (Å²) in [7, 11) is 0. The number of para-hydroxylation sites is 1. The first-order valence-corrected chi connectivity index (χ1v) is 8.87. The molecule has 2 aromatic rings. The Morgan fingerprint density at radius 1 is 1.13 bits per heavy atom. The van der Waals surface area contributed by atoms with Crippen LogP contribution in [0.4, 0.5) is 17.5 Å². The van der Waals surface area contributed by atoms with Crippen LogP contribution < -0.4 is 10.6 Å². The van der Waals surface area contributed by atoms with Crippen LogP contribution in [0, 0.1) is 0 Å². The molecule has 4 nitrogen and oxygen atoms in total. The fourth-order valence-electron chi connectivity index (χ4n) is 2.68. The van der Waals surface area contributed by atoms with Crippen LogP contribution in [0.3, 0.4) is 0 Å². The molecule has 1 aliphatic rings. The second-order valence-corrected chi connectivity index (χ2v) is 6.51. The van der Waals surface area contributed by atoms with Gasteiger partial charge in [0.15, 0.2) is 0 Å². The maximum absolute atomic E-state index is 4.52. The van der Waals surface area contributed by atoms with Crippen LogP contribution in [0.5, 0.6) is 0 Å². The lowest BCUT2D eigenvalue weighted by atomic mass is 9.97. The van der Waals surface area contributed by atoms with Crippen molar-refractivity contribution in [3.63, 3.8) is 0 Å². The molecule has 0 unspecified atom stereocenters. The van der Waals surface area contributed by atoms with E-state index >= 15 is 0 Å². The van der Waals surface area contributed by atoms with E-state index in [1.54, 1.807) is 11.8 Å². The van der Waals surface area contributed by atoms with Crippen LogP contribution in [-0.2, 0) is 0 Å². The van der Waals surface area contributed by atoms with Crippen molar-refractivity contribution in [2.75, 3.05) is 17.2 Å². The number of allylic oxidation sites excluding steroid dienone is 1. The molecule has 0 amide bonds. The molecule has 0 aliphatic heterocycles. The summed E-state index contributed by atoms with van der Waals surface area (Å²) in [4.78, 5) is 8.80. The van der Waals surface area contributed by atoms with Gasteiger partial charge >= 0.3 is 0 Å². The van der Waals surface area contributed by atoms with Gasteiger partial charge in [0, 0.05) is 17.2 Å². The lowest BCUT2D eigenvalue weighted by molar-refractivity contribution is 0.679. The summed E-state index contributed by atoms with van der Waals surface area (Å²) in [6.45, 7) is 0.914. The summed E-state index contributed by atoms with van der Waals surface area (Å²) in [5.74, 6) is 1.45. The number of halogens is 1. The molecule has 0 saturated carbocycles. The van der Waals surface area contributed by atoms with Gasteiger partial charge in [-0.05, 0) is 66.2 Å². The minimum absolute atomic E-state index is 0.596. The SMILES string of the molecule is Brc1ccccc1Nc1nccc(NCCC2=CCCCC2)n1. The molecule has 0 spiro atoms. The Bertz CT molecular complexity index is 684. The molecular weight excluding hydrogens is 352 g/mol. The molecule has 23 heavy (non-hydrogen) atoms. The topological polar surface area (TPSA) is 49.8 Å².